The molecule has 3 unspecified atom stereocenters. The van der Waals surface area contributed by atoms with Crippen molar-refractivity contribution in [1.82, 2.24) is 0 Å². The van der Waals surface area contributed by atoms with Gasteiger partial charge in [-0.2, -0.15) is 0 Å². The van der Waals surface area contributed by atoms with E-state index in [-0.39, 0.29) is 55.3 Å². The summed E-state index contributed by atoms with van der Waals surface area (Å²) >= 11 is 0. The maximum atomic E-state index is 12.7. The van der Waals surface area contributed by atoms with Gasteiger partial charge in [-0.1, -0.05) is 60.5 Å². The molecule has 226 valence electrons. The monoisotopic (exact) mass is 567 g/mol. The molecule has 0 aromatic heterocycles. The molecule has 1 rings (SSSR count). The van der Waals surface area contributed by atoms with Crippen molar-refractivity contribution in [3.05, 3.63) is 23.8 Å². The molecule has 0 aliphatic heterocycles. The lowest BCUT2D eigenvalue weighted by Crippen LogP contribution is -2.53. The SMILES string of the molecule is CCC(C)COC(=O)Oc1ccc(C[C@](N)(CC(C)OC(=O)C(C)C)C(=O)OC)cc1OC(=O)OCC(C)CC. The molecule has 40 heavy (non-hydrogen) atoms. The average Bonchev–Trinajstić information content (AvgIpc) is 2.90. The van der Waals surface area contributed by atoms with Crippen molar-refractivity contribution in [3.8, 4) is 11.5 Å². The van der Waals surface area contributed by atoms with Crippen LogP contribution in [0.1, 0.15) is 73.3 Å². The van der Waals surface area contributed by atoms with Gasteiger partial charge in [0.15, 0.2) is 11.5 Å². The van der Waals surface area contributed by atoms with Crippen molar-refractivity contribution < 1.29 is 47.6 Å². The Morgan fingerprint density at radius 2 is 1.38 bits per heavy atom. The Morgan fingerprint density at radius 3 is 1.85 bits per heavy atom. The van der Waals surface area contributed by atoms with Gasteiger partial charge in [0, 0.05) is 12.8 Å². The van der Waals surface area contributed by atoms with Crippen LogP contribution >= 0.6 is 0 Å². The number of esters is 2. The van der Waals surface area contributed by atoms with Gasteiger partial charge in [0.05, 0.1) is 26.2 Å². The van der Waals surface area contributed by atoms with Gasteiger partial charge in [0.1, 0.15) is 11.6 Å². The summed E-state index contributed by atoms with van der Waals surface area (Å²) in [6.45, 7) is 13.1. The standard InChI is InChI=1S/C29H45NO10/c1-9-19(5)16-36-27(33)39-23-12-11-22(13-24(23)40-28(34)37-17-20(6)10-2)15-29(30,26(32)35-8)14-21(7)38-25(31)18(3)4/h11-13,18-21H,9-10,14-17,30H2,1-8H3/t19?,20?,21?,29-/m1/s1. The van der Waals surface area contributed by atoms with E-state index < -0.39 is 35.9 Å². The van der Waals surface area contributed by atoms with E-state index in [1.54, 1.807) is 26.8 Å². The van der Waals surface area contributed by atoms with Crippen molar-refractivity contribution >= 4 is 24.2 Å². The van der Waals surface area contributed by atoms with Crippen LogP contribution in [0.2, 0.25) is 0 Å². The van der Waals surface area contributed by atoms with E-state index >= 15 is 0 Å². The van der Waals surface area contributed by atoms with Gasteiger partial charge < -0.3 is 34.2 Å². The fraction of sp³-hybridized carbons (Fsp3) is 0.655. The normalized spacial score (nSPS) is 14.8. The first-order valence-corrected chi connectivity index (χ1v) is 13.6. The van der Waals surface area contributed by atoms with Crippen LogP contribution in [0, 0.1) is 17.8 Å². The largest absolute Gasteiger partial charge is 0.513 e. The number of hydrogen-bond donors (Lipinski definition) is 1. The minimum Gasteiger partial charge on any atom is -0.468 e. The van der Waals surface area contributed by atoms with Crippen LogP contribution in [0.25, 0.3) is 0 Å². The number of methoxy groups -OCH3 is 1. The Hall–Kier alpha value is -3.34. The van der Waals surface area contributed by atoms with E-state index in [9.17, 15) is 19.2 Å². The Bertz CT molecular complexity index is 995. The molecule has 1 aromatic carbocycles. The van der Waals surface area contributed by atoms with Crippen molar-refractivity contribution in [2.45, 2.75) is 85.8 Å². The number of ether oxygens (including phenoxy) is 6. The highest BCUT2D eigenvalue weighted by atomic mass is 16.7. The van der Waals surface area contributed by atoms with Gasteiger partial charge in [-0.25, -0.2) is 9.59 Å². The van der Waals surface area contributed by atoms with E-state index in [1.165, 1.54) is 19.2 Å². The Morgan fingerprint density at radius 1 is 0.850 bits per heavy atom. The zero-order valence-corrected chi connectivity index (χ0v) is 24.9. The van der Waals surface area contributed by atoms with Crippen molar-refractivity contribution in [3.63, 3.8) is 0 Å². The second-order valence-corrected chi connectivity index (χ2v) is 10.6. The number of carbonyl (C=O) groups excluding carboxylic acids is 4. The zero-order valence-electron chi connectivity index (χ0n) is 24.9. The van der Waals surface area contributed by atoms with E-state index in [0.29, 0.717) is 5.56 Å². The minimum absolute atomic E-state index is 0.0362. The minimum atomic E-state index is -1.59. The van der Waals surface area contributed by atoms with Gasteiger partial charge in [-0.05, 0) is 36.5 Å². The van der Waals surface area contributed by atoms with Crippen LogP contribution in [0.5, 0.6) is 11.5 Å². The fourth-order valence-electron chi connectivity index (χ4n) is 3.41. The highest BCUT2D eigenvalue weighted by molar-refractivity contribution is 5.81. The van der Waals surface area contributed by atoms with Crippen molar-refractivity contribution in [1.29, 1.82) is 0 Å². The van der Waals surface area contributed by atoms with Crippen LogP contribution in [0.15, 0.2) is 18.2 Å². The van der Waals surface area contributed by atoms with Gasteiger partial charge in [-0.3, -0.25) is 9.59 Å². The predicted molar refractivity (Wildman–Crippen MR) is 147 cm³/mol. The first-order chi connectivity index (χ1) is 18.7. The summed E-state index contributed by atoms with van der Waals surface area (Å²) in [6, 6.07) is 4.37. The lowest BCUT2D eigenvalue weighted by atomic mass is 9.86. The molecule has 1 aromatic rings. The summed E-state index contributed by atoms with van der Waals surface area (Å²) in [5.41, 5.74) is 5.35. The molecule has 0 fully saturated rings. The molecule has 0 spiro atoms. The molecule has 4 atom stereocenters. The second kappa shape index (κ2) is 16.7. The maximum Gasteiger partial charge on any atom is 0.513 e. The number of carbonyl (C=O) groups is 4. The van der Waals surface area contributed by atoms with E-state index in [0.717, 1.165) is 12.8 Å². The third-order valence-electron chi connectivity index (χ3n) is 6.31. The first-order valence-electron chi connectivity index (χ1n) is 13.6. The maximum absolute atomic E-state index is 12.7. The highest BCUT2D eigenvalue weighted by Gasteiger charge is 2.38. The third kappa shape index (κ3) is 11.8. The molecule has 0 saturated carbocycles. The number of hydrogen-bond acceptors (Lipinski definition) is 11. The lowest BCUT2D eigenvalue weighted by Gasteiger charge is -2.29. The summed E-state index contributed by atoms with van der Waals surface area (Å²) in [5.74, 6) is -1.44. The molecular formula is C29H45NO10. The predicted octanol–water partition coefficient (Wildman–Crippen LogP) is 5.20. The van der Waals surface area contributed by atoms with Crippen molar-refractivity contribution in [2.24, 2.45) is 23.5 Å². The zero-order chi connectivity index (χ0) is 30.5. The molecule has 0 bridgehead atoms. The number of rotatable bonds is 15. The summed E-state index contributed by atoms with van der Waals surface area (Å²) < 4.78 is 31.3. The molecular weight excluding hydrogens is 522 g/mol. The van der Waals surface area contributed by atoms with Gasteiger partial charge >= 0.3 is 24.2 Å². The van der Waals surface area contributed by atoms with E-state index in [2.05, 4.69) is 0 Å². The Labute approximate surface area is 236 Å². The average molecular weight is 568 g/mol. The molecule has 0 aliphatic carbocycles. The van der Waals surface area contributed by atoms with Gasteiger partial charge in [0.2, 0.25) is 0 Å². The Kier molecular flexibility index (Phi) is 14.5. The topological polar surface area (TPSA) is 150 Å². The molecule has 0 aliphatic rings. The fourth-order valence-corrected chi connectivity index (χ4v) is 3.41. The van der Waals surface area contributed by atoms with Gasteiger partial charge in [0.25, 0.3) is 0 Å². The van der Waals surface area contributed by atoms with E-state index in [4.69, 9.17) is 34.2 Å². The second-order valence-electron chi connectivity index (χ2n) is 10.6. The molecule has 0 amide bonds. The Balaban J connectivity index is 3.24. The van der Waals surface area contributed by atoms with Crippen LogP contribution in [-0.2, 0) is 35.0 Å². The molecule has 11 nitrogen and oxygen atoms in total. The molecule has 0 saturated heterocycles. The number of nitrogens with two attached hydrogens (primary N) is 1. The molecule has 0 radical (unpaired) electrons. The summed E-state index contributed by atoms with van der Waals surface area (Å²) in [6.07, 6.45) is -1.13. The van der Waals surface area contributed by atoms with E-state index in [1.807, 2.05) is 27.7 Å². The molecule has 0 heterocycles. The van der Waals surface area contributed by atoms with Crippen LogP contribution < -0.4 is 15.2 Å². The molecule has 11 heteroatoms. The number of benzene rings is 1. The third-order valence-corrected chi connectivity index (χ3v) is 6.31. The van der Waals surface area contributed by atoms with Crippen LogP contribution in [-0.4, -0.2) is 56.2 Å². The van der Waals surface area contributed by atoms with Crippen LogP contribution in [0.3, 0.4) is 0 Å². The summed E-state index contributed by atoms with van der Waals surface area (Å²) in [4.78, 5) is 49.5. The summed E-state index contributed by atoms with van der Waals surface area (Å²) in [5, 5.41) is 0. The first kappa shape index (κ1) is 34.7. The quantitative estimate of drug-likeness (QED) is 0.169. The van der Waals surface area contributed by atoms with Gasteiger partial charge in [-0.15, -0.1) is 0 Å². The summed E-state index contributed by atoms with van der Waals surface area (Å²) in [7, 11) is 1.21. The lowest BCUT2D eigenvalue weighted by molar-refractivity contribution is -0.157. The van der Waals surface area contributed by atoms with Crippen molar-refractivity contribution in [2.75, 3.05) is 20.3 Å². The van der Waals surface area contributed by atoms with Crippen LogP contribution in [0.4, 0.5) is 9.59 Å². The smallest absolute Gasteiger partial charge is 0.468 e. The highest BCUT2D eigenvalue weighted by Crippen LogP contribution is 2.32. The molecule has 2 N–H and O–H groups in total.